The normalized spacial score (nSPS) is 13.4. The van der Waals surface area contributed by atoms with E-state index in [0.29, 0.717) is 18.6 Å². The molecule has 1 unspecified atom stereocenters. The summed E-state index contributed by atoms with van der Waals surface area (Å²) in [6, 6.07) is 6.02. The minimum absolute atomic E-state index is 0.133. The van der Waals surface area contributed by atoms with Gasteiger partial charge in [-0.2, -0.15) is 4.31 Å². The molecule has 0 saturated heterocycles. The highest BCUT2D eigenvalue weighted by Crippen LogP contribution is 2.20. The number of carbonyl (C=O) groups excluding carboxylic acids is 1. The minimum atomic E-state index is -3.64. The van der Waals surface area contributed by atoms with Gasteiger partial charge in [-0.05, 0) is 32.4 Å². The molecule has 1 aromatic rings. The summed E-state index contributed by atoms with van der Waals surface area (Å²) in [5, 5.41) is 0. The lowest BCUT2D eigenvalue weighted by Crippen LogP contribution is -2.40. The summed E-state index contributed by atoms with van der Waals surface area (Å²) >= 11 is 0. The molecule has 6 heteroatoms. The fourth-order valence-corrected chi connectivity index (χ4v) is 3.71. The Hall–Kier alpha value is -1.24. The zero-order valence-electron chi connectivity index (χ0n) is 13.0. The van der Waals surface area contributed by atoms with E-state index >= 15 is 0 Å². The molecule has 5 nitrogen and oxygen atoms in total. The van der Waals surface area contributed by atoms with Crippen LogP contribution in [-0.2, 0) is 14.8 Å². The van der Waals surface area contributed by atoms with Gasteiger partial charge >= 0.3 is 0 Å². The number of sulfonamides is 1. The topological polar surface area (TPSA) is 63.7 Å². The van der Waals surface area contributed by atoms with E-state index in [0.717, 1.165) is 0 Å². The third kappa shape index (κ3) is 4.36. The van der Waals surface area contributed by atoms with Crippen molar-refractivity contribution < 1.29 is 17.9 Å². The van der Waals surface area contributed by atoms with Gasteiger partial charge < -0.3 is 4.74 Å². The zero-order valence-corrected chi connectivity index (χ0v) is 13.8. The lowest BCUT2D eigenvalue weighted by molar-refractivity contribution is 0.101. The SMILES string of the molecule is CCC(C)N(CCOC)S(=O)(=O)c1cccc(C(C)=O)c1. The quantitative estimate of drug-likeness (QED) is 0.691. The van der Waals surface area contributed by atoms with Gasteiger partial charge in [0.2, 0.25) is 10.0 Å². The second-order valence-corrected chi connectivity index (χ2v) is 6.84. The smallest absolute Gasteiger partial charge is 0.243 e. The number of rotatable bonds is 8. The van der Waals surface area contributed by atoms with Crippen molar-refractivity contribution in [2.24, 2.45) is 0 Å². The van der Waals surface area contributed by atoms with Crippen molar-refractivity contribution in [3.05, 3.63) is 29.8 Å². The predicted octanol–water partition coefficient (Wildman–Crippen LogP) is 2.32. The van der Waals surface area contributed by atoms with Crippen molar-refractivity contribution in [3.8, 4) is 0 Å². The van der Waals surface area contributed by atoms with E-state index in [4.69, 9.17) is 4.74 Å². The van der Waals surface area contributed by atoms with Crippen molar-refractivity contribution in [1.29, 1.82) is 0 Å². The van der Waals surface area contributed by atoms with Crippen LogP contribution in [0, 0.1) is 0 Å². The molecule has 0 aromatic heterocycles. The standard InChI is InChI=1S/C15H23NO4S/c1-5-12(2)16(9-10-20-4)21(18,19)15-8-6-7-14(11-15)13(3)17/h6-8,11-12H,5,9-10H2,1-4H3. The molecule has 0 spiro atoms. The molecule has 0 bridgehead atoms. The maximum absolute atomic E-state index is 12.8. The number of ether oxygens (including phenoxy) is 1. The van der Waals surface area contributed by atoms with E-state index in [9.17, 15) is 13.2 Å². The minimum Gasteiger partial charge on any atom is -0.383 e. The maximum atomic E-state index is 12.8. The van der Waals surface area contributed by atoms with Crippen LogP contribution in [0.1, 0.15) is 37.6 Å². The largest absolute Gasteiger partial charge is 0.383 e. The van der Waals surface area contributed by atoms with Gasteiger partial charge in [0.05, 0.1) is 11.5 Å². The van der Waals surface area contributed by atoms with Crippen LogP contribution in [-0.4, -0.2) is 44.8 Å². The molecule has 21 heavy (non-hydrogen) atoms. The van der Waals surface area contributed by atoms with E-state index in [-0.39, 0.29) is 23.3 Å². The third-order valence-electron chi connectivity index (χ3n) is 3.45. The Morgan fingerprint density at radius 2 is 2.05 bits per heavy atom. The zero-order chi connectivity index (χ0) is 16.0. The highest BCUT2D eigenvalue weighted by Gasteiger charge is 2.28. The Morgan fingerprint density at radius 3 is 2.57 bits per heavy atom. The fourth-order valence-electron chi connectivity index (χ4n) is 1.97. The Kier molecular flexibility index (Phi) is 6.51. The van der Waals surface area contributed by atoms with Crippen molar-refractivity contribution in [1.82, 2.24) is 4.31 Å². The van der Waals surface area contributed by atoms with Gasteiger partial charge in [0, 0.05) is 25.3 Å². The molecular weight excluding hydrogens is 290 g/mol. The number of methoxy groups -OCH3 is 1. The van der Waals surface area contributed by atoms with Gasteiger partial charge in [-0.1, -0.05) is 19.1 Å². The molecule has 1 rings (SSSR count). The first-order valence-corrected chi connectivity index (χ1v) is 8.40. The van der Waals surface area contributed by atoms with Crippen LogP contribution in [0.4, 0.5) is 0 Å². The van der Waals surface area contributed by atoms with Crippen molar-refractivity contribution in [2.45, 2.75) is 38.1 Å². The Morgan fingerprint density at radius 1 is 1.38 bits per heavy atom. The lowest BCUT2D eigenvalue weighted by atomic mass is 10.2. The van der Waals surface area contributed by atoms with Gasteiger partial charge in [-0.3, -0.25) is 4.79 Å². The van der Waals surface area contributed by atoms with Crippen LogP contribution in [0.25, 0.3) is 0 Å². The van der Waals surface area contributed by atoms with E-state index in [1.807, 2.05) is 13.8 Å². The summed E-state index contributed by atoms with van der Waals surface area (Å²) in [5.41, 5.74) is 0.395. The summed E-state index contributed by atoms with van der Waals surface area (Å²) in [6.07, 6.45) is 0.704. The summed E-state index contributed by atoms with van der Waals surface area (Å²) in [5.74, 6) is -0.154. The second-order valence-electron chi connectivity index (χ2n) is 4.95. The first kappa shape index (κ1) is 17.8. The van der Waals surface area contributed by atoms with Crippen molar-refractivity contribution in [2.75, 3.05) is 20.3 Å². The number of benzene rings is 1. The van der Waals surface area contributed by atoms with Crippen LogP contribution >= 0.6 is 0 Å². The highest BCUT2D eigenvalue weighted by molar-refractivity contribution is 7.89. The number of hydrogen-bond donors (Lipinski definition) is 0. The third-order valence-corrected chi connectivity index (χ3v) is 5.45. The molecule has 0 radical (unpaired) electrons. The molecule has 0 saturated carbocycles. The summed E-state index contributed by atoms with van der Waals surface area (Å²) < 4.78 is 32.0. The first-order valence-electron chi connectivity index (χ1n) is 6.96. The first-order chi connectivity index (χ1) is 9.84. The van der Waals surface area contributed by atoms with E-state index in [1.165, 1.54) is 30.5 Å². The summed E-state index contributed by atoms with van der Waals surface area (Å²) in [4.78, 5) is 11.6. The maximum Gasteiger partial charge on any atom is 0.243 e. The molecule has 1 aromatic carbocycles. The van der Waals surface area contributed by atoms with E-state index in [1.54, 1.807) is 12.1 Å². The van der Waals surface area contributed by atoms with E-state index < -0.39 is 10.0 Å². The number of carbonyl (C=O) groups is 1. The molecule has 0 amide bonds. The molecule has 0 aliphatic heterocycles. The van der Waals surface area contributed by atoms with Gasteiger partial charge in [-0.25, -0.2) is 8.42 Å². The predicted molar refractivity (Wildman–Crippen MR) is 82.0 cm³/mol. The number of ketones is 1. The highest BCUT2D eigenvalue weighted by atomic mass is 32.2. The molecular formula is C15H23NO4S. The van der Waals surface area contributed by atoms with Crippen LogP contribution < -0.4 is 0 Å². The van der Waals surface area contributed by atoms with Gasteiger partial charge in [0.1, 0.15) is 0 Å². The van der Waals surface area contributed by atoms with Crippen LogP contribution in [0.3, 0.4) is 0 Å². The van der Waals surface area contributed by atoms with Crippen LogP contribution in [0.5, 0.6) is 0 Å². The summed E-state index contributed by atoms with van der Waals surface area (Å²) in [6.45, 7) is 5.84. The molecule has 0 fully saturated rings. The second kappa shape index (κ2) is 7.68. The number of Topliss-reactive ketones (excluding diaryl/α,β-unsaturated/α-hetero) is 1. The molecule has 118 valence electrons. The average Bonchev–Trinajstić information content (AvgIpc) is 2.47. The summed E-state index contributed by atoms with van der Waals surface area (Å²) in [7, 11) is -2.10. The molecule has 0 N–H and O–H groups in total. The van der Waals surface area contributed by atoms with E-state index in [2.05, 4.69) is 0 Å². The lowest BCUT2D eigenvalue weighted by Gasteiger charge is -2.27. The van der Waals surface area contributed by atoms with Crippen molar-refractivity contribution >= 4 is 15.8 Å². The monoisotopic (exact) mass is 313 g/mol. The molecule has 1 atom stereocenters. The number of hydrogen-bond acceptors (Lipinski definition) is 4. The molecule has 0 aliphatic carbocycles. The van der Waals surface area contributed by atoms with Gasteiger partial charge in [0.25, 0.3) is 0 Å². The molecule has 0 aliphatic rings. The molecule has 0 heterocycles. The van der Waals surface area contributed by atoms with Crippen molar-refractivity contribution in [3.63, 3.8) is 0 Å². The van der Waals surface area contributed by atoms with Gasteiger partial charge in [0.15, 0.2) is 5.78 Å². The van der Waals surface area contributed by atoms with Crippen LogP contribution in [0.15, 0.2) is 29.2 Å². The van der Waals surface area contributed by atoms with Gasteiger partial charge in [-0.15, -0.1) is 0 Å². The van der Waals surface area contributed by atoms with Crippen LogP contribution in [0.2, 0.25) is 0 Å². The fraction of sp³-hybridized carbons (Fsp3) is 0.533. The number of nitrogens with zero attached hydrogens (tertiary/aromatic N) is 1. The Bertz CT molecular complexity index is 583. The average molecular weight is 313 g/mol. The Labute approximate surface area is 127 Å². The Balaban J connectivity index is 3.21.